The highest BCUT2D eigenvalue weighted by Gasteiger charge is 2.14. The summed E-state index contributed by atoms with van der Waals surface area (Å²) in [6.45, 7) is 3.91. The maximum Gasteiger partial charge on any atom is 0.125 e. The van der Waals surface area contributed by atoms with Crippen molar-refractivity contribution < 1.29 is 0 Å². The van der Waals surface area contributed by atoms with E-state index < -0.39 is 0 Å². The van der Waals surface area contributed by atoms with Crippen molar-refractivity contribution in [1.82, 2.24) is 9.97 Å². The number of nitrogen functional groups attached to an aromatic ring is 1. The molecule has 0 saturated heterocycles. The molecule has 0 bridgehead atoms. The molecule has 0 unspecified atom stereocenters. The van der Waals surface area contributed by atoms with Crippen LogP contribution in [0.2, 0.25) is 0 Å². The van der Waals surface area contributed by atoms with Gasteiger partial charge in [-0.15, -0.1) is 0 Å². The zero-order valence-corrected chi connectivity index (χ0v) is 12.7. The molecule has 2 aromatic heterocycles. The number of amidine groups is 1. The molecule has 0 atom stereocenters. The van der Waals surface area contributed by atoms with Crippen LogP contribution < -0.4 is 5.73 Å². The van der Waals surface area contributed by atoms with Crippen molar-refractivity contribution in [2.24, 2.45) is 5.73 Å². The predicted octanol–water partition coefficient (Wildman–Crippen LogP) is 3.62. The first-order valence-corrected chi connectivity index (χ1v) is 7.44. The number of aromatic amines is 1. The molecule has 0 amide bonds. The molecule has 0 saturated carbocycles. The zero-order chi connectivity index (χ0) is 15.0. The van der Waals surface area contributed by atoms with Gasteiger partial charge in [-0.3, -0.25) is 5.41 Å². The van der Waals surface area contributed by atoms with Gasteiger partial charge in [0.25, 0.3) is 0 Å². The van der Waals surface area contributed by atoms with Gasteiger partial charge in [0.2, 0.25) is 0 Å². The minimum Gasteiger partial charge on any atom is -0.384 e. The number of pyridine rings is 1. The first-order valence-electron chi connectivity index (χ1n) is 6.63. The first-order chi connectivity index (χ1) is 10.0. The van der Waals surface area contributed by atoms with E-state index in [4.69, 9.17) is 11.1 Å². The van der Waals surface area contributed by atoms with Gasteiger partial charge in [0.1, 0.15) is 10.9 Å². The molecular formula is C16H16N4S. The maximum absolute atomic E-state index is 7.78. The standard InChI is InChI=1S/C16H16N4S/c1-9-7-10(2)19-16(14(9)15(17)18)21-13-8-11-5-3-4-6-12(11)20-13/h3-8,20H,1-2H3,(H3,17,18). The Kier molecular flexibility index (Phi) is 3.43. The number of benzene rings is 1. The smallest absolute Gasteiger partial charge is 0.125 e. The number of rotatable bonds is 3. The lowest BCUT2D eigenvalue weighted by Gasteiger charge is -2.10. The van der Waals surface area contributed by atoms with Gasteiger partial charge in [0.05, 0.1) is 10.6 Å². The topological polar surface area (TPSA) is 78.5 Å². The van der Waals surface area contributed by atoms with Gasteiger partial charge in [-0.05, 0) is 37.6 Å². The molecule has 4 nitrogen and oxygen atoms in total. The van der Waals surface area contributed by atoms with Gasteiger partial charge in [0.15, 0.2) is 0 Å². The van der Waals surface area contributed by atoms with Crippen molar-refractivity contribution in [1.29, 1.82) is 5.41 Å². The van der Waals surface area contributed by atoms with Gasteiger partial charge in [-0.1, -0.05) is 30.0 Å². The second-order valence-corrected chi connectivity index (χ2v) is 6.03. The van der Waals surface area contributed by atoms with Crippen molar-refractivity contribution in [2.45, 2.75) is 23.9 Å². The summed E-state index contributed by atoms with van der Waals surface area (Å²) in [7, 11) is 0. The van der Waals surface area contributed by atoms with Crippen LogP contribution in [0.4, 0.5) is 0 Å². The van der Waals surface area contributed by atoms with Crippen molar-refractivity contribution in [3.63, 3.8) is 0 Å². The molecular weight excluding hydrogens is 280 g/mol. The van der Waals surface area contributed by atoms with Gasteiger partial charge in [0, 0.05) is 16.6 Å². The van der Waals surface area contributed by atoms with Crippen LogP contribution in [-0.4, -0.2) is 15.8 Å². The van der Waals surface area contributed by atoms with E-state index >= 15 is 0 Å². The largest absolute Gasteiger partial charge is 0.384 e. The number of H-pyrrole nitrogens is 1. The minimum absolute atomic E-state index is 0.0543. The van der Waals surface area contributed by atoms with E-state index in [1.807, 2.05) is 38.1 Å². The number of hydrogen-bond donors (Lipinski definition) is 3. The van der Waals surface area contributed by atoms with E-state index in [0.29, 0.717) is 5.56 Å². The van der Waals surface area contributed by atoms with Crippen LogP contribution in [0.3, 0.4) is 0 Å². The molecule has 0 fully saturated rings. The summed E-state index contributed by atoms with van der Waals surface area (Å²) in [4.78, 5) is 7.90. The Bertz CT molecular complexity index is 802. The number of nitrogens with one attached hydrogen (secondary N) is 2. The summed E-state index contributed by atoms with van der Waals surface area (Å²) < 4.78 is 0. The van der Waals surface area contributed by atoms with Crippen molar-refractivity contribution >= 4 is 28.5 Å². The third kappa shape index (κ3) is 2.64. The molecule has 3 aromatic rings. The average molecular weight is 296 g/mol. The van der Waals surface area contributed by atoms with Crippen LogP contribution in [0.5, 0.6) is 0 Å². The Balaban J connectivity index is 2.06. The molecule has 5 heteroatoms. The Morgan fingerprint density at radius 1 is 1.24 bits per heavy atom. The number of nitrogens with two attached hydrogens (primary N) is 1. The average Bonchev–Trinajstić information content (AvgIpc) is 2.79. The van der Waals surface area contributed by atoms with Crippen LogP contribution in [-0.2, 0) is 0 Å². The van der Waals surface area contributed by atoms with Crippen molar-refractivity contribution in [3.05, 3.63) is 53.2 Å². The molecule has 106 valence electrons. The molecule has 0 aliphatic heterocycles. The fraction of sp³-hybridized carbons (Fsp3) is 0.125. The second-order valence-electron chi connectivity index (χ2n) is 5.00. The Morgan fingerprint density at radius 3 is 2.71 bits per heavy atom. The number of aromatic nitrogens is 2. The molecule has 0 spiro atoms. The predicted molar refractivity (Wildman–Crippen MR) is 87.1 cm³/mol. The van der Waals surface area contributed by atoms with Crippen LogP contribution in [0.25, 0.3) is 10.9 Å². The summed E-state index contributed by atoms with van der Waals surface area (Å²) in [5, 5.41) is 10.7. The molecule has 4 N–H and O–H groups in total. The van der Waals surface area contributed by atoms with Gasteiger partial charge in [-0.25, -0.2) is 4.98 Å². The minimum atomic E-state index is 0.0543. The molecule has 0 radical (unpaired) electrons. The third-order valence-electron chi connectivity index (χ3n) is 3.29. The highest BCUT2D eigenvalue weighted by atomic mass is 32.2. The van der Waals surface area contributed by atoms with E-state index in [1.54, 1.807) is 0 Å². The molecule has 0 aliphatic carbocycles. The van der Waals surface area contributed by atoms with Crippen LogP contribution in [0.15, 0.2) is 46.5 Å². The molecule has 3 rings (SSSR count). The fourth-order valence-corrected chi connectivity index (χ4v) is 3.53. The Labute approximate surface area is 127 Å². The summed E-state index contributed by atoms with van der Waals surface area (Å²) in [6, 6.07) is 12.2. The van der Waals surface area contributed by atoms with Crippen LogP contribution >= 0.6 is 11.8 Å². The lowest BCUT2D eigenvalue weighted by Crippen LogP contribution is -2.15. The SMILES string of the molecule is Cc1cc(C)c(C(=N)N)c(Sc2cc3ccccc3[nH]2)n1. The van der Waals surface area contributed by atoms with Gasteiger partial charge >= 0.3 is 0 Å². The molecule has 0 aliphatic rings. The quantitative estimate of drug-likeness (QED) is 0.510. The van der Waals surface area contributed by atoms with Gasteiger partial charge < -0.3 is 10.7 Å². The van der Waals surface area contributed by atoms with E-state index in [1.165, 1.54) is 11.8 Å². The molecule has 1 aromatic carbocycles. The highest BCUT2D eigenvalue weighted by Crippen LogP contribution is 2.32. The summed E-state index contributed by atoms with van der Waals surface area (Å²) in [6.07, 6.45) is 0. The lowest BCUT2D eigenvalue weighted by atomic mass is 10.1. The van der Waals surface area contributed by atoms with Crippen LogP contribution in [0, 0.1) is 19.3 Å². The van der Waals surface area contributed by atoms with E-state index in [2.05, 4.69) is 22.1 Å². The maximum atomic E-state index is 7.78. The number of para-hydroxylation sites is 1. The van der Waals surface area contributed by atoms with E-state index in [-0.39, 0.29) is 5.84 Å². The van der Waals surface area contributed by atoms with Crippen molar-refractivity contribution in [2.75, 3.05) is 0 Å². The summed E-state index contributed by atoms with van der Waals surface area (Å²) in [5.74, 6) is 0.0543. The Morgan fingerprint density at radius 2 is 2.00 bits per heavy atom. The number of fused-ring (bicyclic) bond motifs is 1. The van der Waals surface area contributed by atoms with Crippen molar-refractivity contribution in [3.8, 4) is 0 Å². The van der Waals surface area contributed by atoms with Crippen LogP contribution in [0.1, 0.15) is 16.8 Å². The first kappa shape index (κ1) is 13.7. The molecule has 21 heavy (non-hydrogen) atoms. The number of aryl methyl sites for hydroxylation is 2. The highest BCUT2D eigenvalue weighted by molar-refractivity contribution is 7.99. The summed E-state index contributed by atoms with van der Waals surface area (Å²) in [5.41, 5.74) is 9.42. The monoisotopic (exact) mass is 296 g/mol. The normalized spacial score (nSPS) is 11.0. The summed E-state index contributed by atoms with van der Waals surface area (Å²) >= 11 is 1.51. The molecule has 2 heterocycles. The fourth-order valence-electron chi connectivity index (χ4n) is 2.41. The number of hydrogen-bond acceptors (Lipinski definition) is 3. The Hall–Kier alpha value is -2.27. The third-order valence-corrected chi connectivity index (χ3v) is 4.22. The second kappa shape index (κ2) is 5.26. The lowest BCUT2D eigenvalue weighted by molar-refractivity contribution is 1.03. The van der Waals surface area contributed by atoms with E-state index in [9.17, 15) is 0 Å². The zero-order valence-electron chi connectivity index (χ0n) is 11.9. The van der Waals surface area contributed by atoms with E-state index in [0.717, 1.165) is 32.2 Å². The van der Waals surface area contributed by atoms with Gasteiger partial charge in [-0.2, -0.15) is 0 Å². The number of nitrogens with zero attached hydrogens (tertiary/aromatic N) is 1.